The van der Waals surface area contributed by atoms with E-state index in [-0.39, 0.29) is 31.2 Å². The summed E-state index contributed by atoms with van der Waals surface area (Å²) in [5.41, 5.74) is 0. The Morgan fingerprint density at radius 1 is 0.594 bits per heavy atom. The molecule has 0 spiro atoms. The molecule has 2 aromatic rings. The fourth-order valence-electron chi connectivity index (χ4n) is 3.75. The van der Waals surface area contributed by atoms with Crippen molar-refractivity contribution in [2.75, 3.05) is 70.7 Å². The minimum Gasteiger partial charge on any atom is -0.383 e. The molecule has 1 atom stereocenters. The van der Waals surface area contributed by atoms with Crippen LogP contribution in [0.25, 0.3) is 0 Å². The number of nitrogens with zero attached hydrogens (tertiary/aromatic N) is 1. The van der Waals surface area contributed by atoms with Crippen LogP contribution in [0.4, 0.5) is 0 Å². The van der Waals surface area contributed by atoms with Gasteiger partial charge in [-0.3, -0.25) is 16.7 Å². The number of ether oxygens (including phenoxy) is 1. The first kappa shape index (κ1) is 65.7. The van der Waals surface area contributed by atoms with Crippen molar-refractivity contribution in [3.05, 3.63) is 42.6 Å². The predicted molar refractivity (Wildman–Crippen MR) is 236 cm³/mol. The van der Waals surface area contributed by atoms with Gasteiger partial charge in [0, 0.05) is 19.1 Å². The van der Waals surface area contributed by atoms with Crippen molar-refractivity contribution in [1.82, 2.24) is 5.16 Å². The van der Waals surface area contributed by atoms with Crippen LogP contribution >= 0.6 is 0 Å². The maximum Gasteiger partial charge on any atom is 0.327 e. The molecule has 1 aromatic heterocycles. The largest absolute Gasteiger partial charge is 0.383 e. The van der Waals surface area contributed by atoms with E-state index in [1.165, 1.54) is 18.7 Å². The molecule has 1 unspecified atom stereocenters. The van der Waals surface area contributed by atoms with Gasteiger partial charge < -0.3 is 17.6 Å². The summed E-state index contributed by atoms with van der Waals surface area (Å²) in [4.78, 5) is 0. The topological polar surface area (TPSA) is 339 Å². The van der Waals surface area contributed by atoms with Gasteiger partial charge in [0.25, 0.3) is 50.6 Å². The Bertz CT molecular complexity index is 2310. The van der Waals surface area contributed by atoms with Crippen LogP contribution in [0.1, 0.15) is 65.7 Å². The molecule has 2 fully saturated rings. The molecule has 1 aliphatic heterocycles. The van der Waals surface area contributed by atoms with E-state index in [2.05, 4.69) is 34.8 Å². The van der Waals surface area contributed by atoms with Gasteiger partial charge in [-0.2, -0.15) is 58.9 Å². The standard InChI is InChI=1S/C7H14O3S.C7H8O3S.C5H10O4S.C5H12O3S.C4H5NO4S.C3H8O3S.C2H6O3S/c2*1-11(8,9)10-7-5-3-2-4-6-7;1-10(6,7)9-5-3-2-4-8-5;1-5(2)4-8-9(3,6)7;1-10(6,7)9-4-2-3-5-8-4;1-3-6-7(2,4)5;1-5-6(2,3)4/h7H,2-6H2,1H3;2-6H,1H3;5H,2-4H2,1H3;5H,4H2,1-3H3;2-3H,1H3;3H2,1-2H3;1-2H3. The molecule has 4 rings (SSSR count). The third-order valence-corrected chi connectivity index (χ3v) is 9.90. The van der Waals surface area contributed by atoms with E-state index in [1.54, 1.807) is 37.3 Å². The average Bonchev–Trinajstić information content (AvgIpc) is 3.81. The molecule has 1 aliphatic carbocycles. The van der Waals surface area contributed by atoms with Crippen LogP contribution in [0.5, 0.6) is 11.7 Å². The quantitative estimate of drug-likeness (QED) is 0.245. The summed E-state index contributed by atoms with van der Waals surface area (Å²) in [6, 6.07) is 9.68. The van der Waals surface area contributed by atoms with Crippen molar-refractivity contribution in [3.8, 4) is 11.7 Å². The minimum atomic E-state index is -3.48. The van der Waals surface area contributed by atoms with Crippen LogP contribution in [0.3, 0.4) is 0 Å². The van der Waals surface area contributed by atoms with Gasteiger partial charge in [-0.15, -0.1) is 0 Å². The SMILES string of the molecule is CC(C)COS(C)(=O)=O.CCOS(C)(=O)=O.COS(C)(=O)=O.CS(=O)(=O)OC1CCCCC1.CS(=O)(=O)OC1CCCO1.CS(=O)(=O)Oc1ccccc1.CS(=O)(=O)Oc1ccno1. The van der Waals surface area contributed by atoms with Crippen molar-refractivity contribution < 1.29 is 97.5 Å². The molecule has 1 saturated heterocycles. The molecule has 2 heterocycles. The fourth-order valence-corrected chi connectivity index (χ4v) is 6.77. The molecule has 24 nitrogen and oxygen atoms in total. The Hall–Kier alpha value is -2.56. The lowest BCUT2D eigenvalue weighted by Gasteiger charge is -2.19. The summed E-state index contributed by atoms with van der Waals surface area (Å²) >= 11 is 0. The van der Waals surface area contributed by atoms with Crippen LogP contribution < -0.4 is 8.37 Å². The highest BCUT2D eigenvalue weighted by Crippen LogP contribution is 2.21. The summed E-state index contributed by atoms with van der Waals surface area (Å²) in [5.74, 6) is 0.484. The lowest BCUT2D eigenvalue weighted by Crippen LogP contribution is -2.20. The van der Waals surface area contributed by atoms with Crippen LogP contribution in [0, 0.1) is 5.92 Å². The second-order valence-electron chi connectivity index (χ2n) is 13.4. The Morgan fingerprint density at radius 2 is 1.08 bits per heavy atom. The average molecular weight is 1070 g/mol. The maximum atomic E-state index is 10.7. The van der Waals surface area contributed by atoms with Gasteiger partial charge in [0.2, 0.25) is 0 Å². The van der Waals surface area contributed by atoms with E-state index in [0.717, 1.165) is 83.0 Å². The Kier molecular flexibility index (Phi) is 33.1. The van der Waals surface area contributed by atoms with E-state index in [0.29, 0.717) is 18.8 Å². The molecule has 380 valence electrons. The number of aromatic nitrogens is 1. The highest BCUT2D eigenvalue weighted by Gasteiger charge is 2.20. The fraction of sp³-hybridized carbons (Fsp3) is 0.727. The van der Waals surface area contributed by atoms with Gasteiger partial charge in [-0.1, -0.05) is 56.5 Å². The van der Waals surface area contributed by atoms with Crippen molar-refractivity contribution in [1.29, 1.82) is 0 Å². The van der Waals surface area contributed by atoms with Crippen LogP contribution in [-0.2, 0) is 96.5 Å². The third kappa shape index (κ3) is 55.6. The lowest BCUT2D eigenvalue weighted by molar-refractivity contribution is -0.0338. The second kappa shape index (κ2) is 32.2. The zero-order chi connectivity index (χ0) is 50.5. The second-order valence-corrected chi connectivity index (χ2v) is 24.8. The smallest absolute Gasteiger partial charge is 0.327 e. The molecule has 1 aromatic carbocycles. The number of hydrogen-bond acceptors (Lipinski definition) is 24. The van der Waals surface area contributed by atoms with Gasteiger partial charge >= 0.3 is 26.2 Å². The first-order valence-electron chi connectivity index (χ1n) is 18.4. The third-order valence-electron chi connectivity index (χ3n) is 5.92. The summed E-state index contributed by atoms with van der Waals surface area (Å²) in [5, 5.41) is 3.24. The number of hydrogen-bond donors (Lipinski definition) is 0. The van der Waals surface area contributed by atoms with Crippen molar-refractivity contribution in [2.24, 2.45) is 5.92 Å². The Balaban J connectivity index is -0.000000685. The Labute approximate surface area is 380 Å². The highest BCUT2D eigenvalue weighted by molar-refractivity contribution is 7.87. The highest BCUT2D eigenvalue weighted by atomic mass is 32.2. The van der Waals surface area contributed by atoms with Gasteiger partial charge in [0.1, 0.15) is 5.75 Å². The number of rotatable bonds is 14. The molecule has 64 heavy (non-hydrogen) atoms. The Morgan fingerprint density at radius 3 is 1.38 bits per heavy atom. The summed E-state index contributed by atoms with van der Waals surface area (Å²) in [7, 11) is -21.8. The van der Waals surface area contributed by atoms with Crippen molar-refractivity contribution in [2.45, 2.75) is 78.1 Å². The van der Waals surface area contributed by atoms with Gasteiger partial charge in [0.15, 0.2) is 6.29 Å². The van der Waals surface area contributed by atoms with E-state index in [9.17, 15) is 58.9 Å². The van der Waals surface area contributed by atoms with E-state index >= 15 is 0 Å². The molecule has 0 amide bonds. The predicted octanol–water partition coefficient (Wildman–Crippen LogP) is 2.63. The van der Waals surface area contributed by atoms with E-state index in [1.807, 2.05) is 13.8 Å². The van der Waals surface area contributed by atoms with E-state index in [4.69, 9.17) is 8.92 Å². The number of para-hydroxylation sites is 1. The van der Waals surface area contributed by atoms with Gasteiger partial charge in [-0.05, 0) is 44.2 Å². The first-order chi connectivity index (χ1) is 28.9. The van der Waals surface area contributed by atoms with Crippen LogP contribution in [0.2, 0.25) is 0 Å². The lowest BCUT2D eigenvalue weighted by atomic mass is 9.98. The molecule has 1 saturated carbocycles. The summed E-state index contributed by atoms with van der Waals surface area (Å²) < 4.78 is 185. The van der Waals surface area contributed by atoms with Gasteiger partial charge in [0.05, 0.1) is 76.4 Å². The molecule has 0 bridgehead atoms. The first-order valence-corrected chi connectivity index (χ1v) is 31.1. The zero-order valence-corrected chi connectivity index (χ0v) is 43.3. The summed E-state index contributed by atoms with van der Waals surface area (Å²) in [6.45, 7) is 6.51. The molecular weight excluding hydrogens is 1000 g/mol. The monoisotopic (exact) mass is 1070 g/mol. The molecule has 0 radical (unpaired) electrons. The molecule has 2 aliphatic rings. The molecule has 31 heteroatoms. The van der Waals surface area contributed by atoms with Crippen LogP contribution in [0.15, 0.2) is 47.1 Å². The normalized spacial score (nSPS) is 15.8. The minimum absolute atomic E-state index is 0.0428. The van der Waals surface area contributed by atoms with Crippen molar-refractivity contribution >= 4 is 70.8 Å². The molecular formula is C33H63NO23S7. The summed E-state index contributed by atoms with van der Waals surface area (Å²) in [6.07, 6.45) is 14.6. The van der Waals surface area contributed by atoms with Crippen LogP contribution in [-0.4, -0.2) is 147 Å². The molecule has 0 N–H and O–H groups in total. The number of benzene rings is 1. The van der Waals surface area contributed by atoms with Crippen molar-refractivity contribution in [3.63, 3.8) is 0 Å². The van der Waals surface area contributed by atoms with E-state index < -0.39 is 77.1 Å². The maximum absolute atomic E-state index is 10.7. The van der Waals surface area contributed by atoms with Gasteiger partial charge in [-0.25, -0.2) is 4.18 Å². The zero-order valence-electron chi connectivity index (χ0n) is 37.5.